The highest BCUT2D eigenvalue weighted by Gasteiger charge is 2.28. The van der Waals surface area contributed by atoms with Crippen LogP contribution < -0.4 is 4.90 Å². The molecule has 1 aromatic heterocycles. The molecule has 1 aliphatic heterocycles. The Morgan fingerprint density at radius 2 is 1.96 bits per heavy atom. The number of amides is 1. The lowest BCUT2D eigenvalue weighted by atomic mass is 9.88. The van der Waals surface area contributed by atoms with Gasteiger partial charge in [0.15, 0.2) is 5.13 Å². The number of nitrogens with zero attached hydrogens (tertiary/aromatic N) is 3. The van der Waals surface area contributed by atoms with Crippen LogP contribution in [0.5, 0.6) is 0 Å². The van der Waals surface area contributed by atoms with E-state index in [0.29, 0.717) is 0 Å². The Kier molecular flexibility index (Phi) is 6.37. The molecule has 1 aromatic carbocycles. The number of benzene rings is 1. The van der Waals surface area contributed by atoms with Crippen molar-refractivity contribution in [3.63, 3.8) is 0 Å². The van der Waals surface area contributed by atoms with Crippen molar-refractivity contribution in [1.29, 1.82) is 0 Å². The average molecular weight is 388 g/mol. The van der Waals surface area contributed by atoms with Gasteiger partial charge in [-0.15, -0.1) is 0 Å². The third-order valence-electron chi connectivity index (χ3n) is 5.69. The van der Waals surface area contributed by atoms with Gasteiger partial charge >= 0.3 is 0 Å². The maximum Gasteiger partial charge on any atom is 0.231 e. The number of ether oxygens (including phenoxy) is 1. The minimum Gasteiger partial charge on any atom is -0.379 e. The second kappa shape index (κ2) is 9.13. The van der Waals surface area contributed by atoms with Crippen molar-refractivity contribution in [2.75, 3.05) is 44.3 Å². The van der Waals surface area contributed by atoms with Crippen LogP contribution in [-0.4, -0.2) is 55.2 Å². The van der Waals surface area contributed by atoms with Crippen LogP contribution in [-0.2, 0) is 9.53 Å². The van der Waals surface area contributed by atoms with E-state index in [1.807, 2.05) is 23.1 Å². The zero-order chi connectivity index (χ0) is 18.5. The Balaban J connectivity index is 1.47. The molecule has 0 N–H and O–H groups in total. The predicted molar refractivity (Wildman–Crippen MR) is 110 cm³/mol. The minimum atomic E-state index is 0.175. The summed E-state index contributed by atoms with van der Waals surface area (Å²) in [5, 5.41) is 0.869. The van der Waals surface area contributed by atoms with Gasteiger partial charge in [0.1, 0.15) is 0 Å². The molecule has 0 unspecified atom stereocenters. The van der Waals surface area contributed by atoms with Crippen LogP contribution in [0.2, 0.25) is 0 Å². The first-order chi connectivity index (χ1) is 13.3. The van der Waals surface area contributed by atoms with Crippen LogP contribution in [0.25, 0.3) is 10.2 Å². The summed E-state index contributed by atoms with van der Waals surface area (Å²) in [4.78, 5) is 22.5. The minimum absolute atomic E-state index is 0.175. The number of carbonyl (C=O) groups is 1. The Bertz CT molecular complexity index is 718. The van der Waals surface area contributed by atoms with Crippen LogP contribution >= 0.6 is 11.3 Å². The van der Waals surface area contributed by atoms with E-state index in [4.69, 9.17) is 9.72 Å². The third kappa shape index (κ3) is 4.68. The first-order valence-corrected chi connectivity index (χ1v) is 11.1. The van der Waals surface area contributed by atoms with Crippen molar-refractivity contribution in [1.82, 2.24) is 9.88 Å². The van der Waals surface area contributed by atoms with Gasteiger partial charge in [-0.1, -0.05) is 42.7 Å². The zero-order valence-corrected chi connectivity index (χ0v) is 16.8. The molecule has 2 heterocycles. The number of carbonyl (C=O) groups excluding carboxylic acids is 1. The Hall–Kier alpha value is -1.50. The highest BCUT2D eigenvalue weighted by molar-refractivity contribution is 7.22. The fourth-order valence-corrected chi connectivity index (χ4v) is 5.12. The van der Waals surface area contributed by atoms with Gasteiger partial charge in [0, 0.05) is 32.1 Å². The highest BCUT2D eigenvalue weighted by atomic mass is 32.1. The summed E-state index contributed by atoms with van der Waals surface area (Å²) in [6.07, 6.45) is 6.67. The summed E-state index contributed by atoms with van der Waals surface area (Å²) in [6, 6.07) is 8.17. The molecule has 2 aromatic rings. The van der Waals surface area contributed by atoms with E-state index in [2.05, 4.69) is 11.0 Å². The maximum atomic E-state index is 13.3. The molecule has 27 heavy (non-hydrogen) atoms. The second-order valence-corrected chi connectivity index (χ2v) is 8.61. The first kappa shape index (κ1) is 18.8. The van der Waals surface area contributed by atoms with Gasteiger partial charge in [-0.2, -0.15) is 0 Å². The van der Waals surface area contributed by atoms with E-state index in [9.17, 15) is 4.79 Å². The van der Waals surface area contributed by atoms with Crippen molar-refractivity contribution >= 4 is 32.6 Å². The number of morpholine rings is 1. The van der Waals surface area contributed by atoms with E-state index in [1.165, 1.54) is 19.3 Å². The Morgan fingerprint density at radius 3 is 2.74 bits per heavy atom. The largest absolute Gasteiger partial charge is 0.379 e. The number of fused-ring (bicyclic) bond motifs is 1. The standard InChI is InChI=1S/C21H29N3O2S/c25-20(17-7-2-1-3-8-17)24(12-6-11-23-13-15-26-16-14-23)21-22-18-9-4-5-10-19(18)27-21/h4-5,9-10,17H,1-3,6-8,11-16H2. The molecule has 1 amide bonds. The summed E-state index contributed by atoms with van der Waals surface area (Å²) < 4.78 is 6.59. The Labute approximate surface area is 165 Å². The molecule has 6 heteroatoms. The monoisotopic (exact) mass is 387 g/mol. The highest BCUT2D eigenvalue weighted by Crippen LogP contribution is 2.32. The van der Waals surface area contributed by atoms with E-state index < -0.39 is 0 Å². The first-order valence-electron chi connectivity index (χ1n) is 10.3. The third-order valence-corrected chi connectivity index (χ3v) is 6.75. The van der Waals surface area contributed by atoms with E-state index in [0.717, 1.165) is 74.0 Å². The normalized spacial score (nSPS) is 19.4. The van der Waals surface area contributed by atoms with Crippen molar-refractivity contribution in [2.45, 2.75) is 38.5 Å². The molecule has 0 bridgehead atoms. The second-order valence-electron chi connectivity index (χ2n) is 7.60. The number of thiazole rings is 1. The SMILES string of the molecule is O=C(C1CCCCC1)N(CCCN1CCOCC1)c1nc2ccccc2s1. The van der Waals surface area contributed by atoms with Crippen molar-refractivity contribution in [3.8, 4) is 0 Å². The lowest BCUT2D eigenvalue weighted by Gasteiger charge is -2.30. The number of anilines is 1. The Morgan fingerprint density at radius 1 is 1.19 bits per heavy atom. The van der Waals surface area contributed by atoms with Gasteiger partial charge < -0.3 is 4.74 Å². The number of hydrogen-bond donors (Lipinski definition) is 0. The average Bonchev–Trinajstić information content (AvgIpc) is 3.16. The molecule has 0 spiro atoms. The predicted octanol–water partition coefficient (Wildman–Crippen LogP) is 3.93. The van der Waals surface area contributed by atoms with Crippen LogP contribution in [0, 0.1) is 5.92 Å². The molecule has 4 rings (SSSR count). The summed E-state index contributed by atoms with van der Waals surface area (Å²) in [6.45, 7) is 5.41. The number of para-hydroxylation sites is 1. The van der Waals surface area contributed by atoms with E-state index >= 15 is 0 Å². The smallest absolute Gasteiger partial charge is 0.231 e. The summed E-state index contributed by atoms with van der Waals surface area (Å²) in [5.74, 6) is 0.463. The number of aromatic nitrogens is 1. The molecule has 1 saturated heterocycles. The van der Waals surface area contributed by atoms with Crippen LogP contribution in [0.3, 0.4) is 0 Å². The van der Waals surface area contributed by atoms with E-state index in [1.54, 1.807) is 11.3 Å². The van der Waals surface area contributed by atoms with Crippen molar-refractivity contribution < 1.29 is 9.53 Å². The molecule has 0 atom stereocenters. The molecule has 146 valence electrons. The number of rotatable bonds is 6. The topological polar surface area (TPSA) is 45.7 Å². The molecule has 2 aliphatic rings. The zero-order valence-electron chi connectivity index (χ0n) is 15.9. The lowest BCUT2D eigenvalue weighted by Crippen LogP contribution is -2.41. The van der Waals surface area contributed by atoms with Gasteiger partial charge in [0.05, 0.1) is 23.4 Å². The summed E-state index contributed by atoms with van der Waals surface area (Å²) >= 11 is 1.64. The molecule has 2 fully saturated rings. The molecular weight excluding hydrogens is 358 g/mol. The van der Waals surface area contributed by atoms with Crippen molar-refractivity contribution in [3.05, 3.63) is 24.3 Å². The van der Waals surface area contributed by atoms with Gasteiger partial charge in [-0.05, 0) is 31.4 Å². The molecular formula is C21H29N3O2S. The van der Waals surface area contributed by atoms with Gasteiger partial charge in [-0.25, -0.2) is 4.98 Å². The van der Waals surface area contributed by atoms with Crippen LogP contribution in [0.4, 0.5) is 5.13 Å². The van der Waals surface area contributed by atoms with E-state index in [-0.39, 0.29) is 11.8 Å². The summed E-state index contributed by atoms with van der Waals surface area (Å²) in [5.41, 5.74) is 0.993. The number of hydrogen-bond acceptors (Lipinski definition) is 5. The van der Waals surface area contributed by atoms with Gasteiger partial charge in [0.2, 0.25) is 5.91 Å². The molecule has 0 radical (unpaired) electrons. The molecule has 1 saturated carbocycles. The molecule has 1 aliphatic carbocycles. The lowest BCUT2D eigenvalue weighted by molar-refractivity contribution is -0.123. The molecule has 5 nitrogen and oxygen atoms in total. The fraction of sp³-hybridized carbons (Fsp3) is 0.619. The van der Waals surface area contributed by atoms with Crippen LogP contribution in [0.1, 0.15) is 38.5 Å². The summed E-state index contributed by atoms with van der Waals surface area (Å²) in [7, 11) is 0. The maximum absolute atomic E-state index is 13.3. The quantitative estimate of drug-likeness (QED) is 0.753. The van der Waals surface area contributed by atoms with Gasteiger partial charge in [0.25, 0.3) is 0 Å². The van der Waals surface area contributed by atoms with Crippen molar-refractivity contribution in [2.24, 2.45) is 5.92 Å². The van der Waals surface area contributed by atoms with Crippen LogP contribution in [0.15, 0.2) is 24.3 Å². The van der Waals surface area contributed by atoms with Gasteiger partial charge in [-0.3, -0.25) is 14.6 Å². The fourth-order valence-electron chi connectivity index (χ4n) is 4.12.